The Labute approximate surface area is 111 Å². The zero-order valence-electron chi connectivity index (χ0n) is 10.6. The highest BCUT2D eigenvalue weighted by atomic mass is 35.5. The lowest BCUT2D eigenvalue weighted by molar-refractivity contribution is -0.129. The van der Waals surface area contributed by atoms with Crippen LogP contribution in [0.1, 0.15) is 31.1 Å². The van der Waals surface area contributed by atoms with Crippen LogP contribution in [0.4, 0.5) is 0 Å². The van der Waals surface area contributed by atoms with Crippen LogP contribution < -0.4 is 5.32 Å². The topological polar surface area (TPSA) is 55.4 Å². The molecule has 0 saturated heterocycles. The Kier molecular flexibility index (Phi) is 5.16. The highest BCUT2D eigenvalue weighted by molar-refractivity contribution is 6.30. The fourth-order valence-corrected chi connectivity index (χ4v) is 1.40. The van der Waals surface area contributed by atoms with E-state index < -0.39 is 12.1 Å². The first-order valence-electron chi connectivity index (χ1n) is 5.67. The fraction of sp³-hybridized carbons (Fsp3) is 0.385. The summed E-state index contributed by atoms with van der Waals surface area (Å²) in [6, 6.07) is 6.30. The van der Waals surface area contributed by atoms with Crippen LogP contribution in [0.15, 0.2) is 24.3 Å². The van der Waals surface area contributed by atoms with Crippen molar-refractivity contribution < 1.29 is 14.3 Å². The Morgan fingerprint density at radius 3 is 2.22 bits per heavy atom. The molecule has 0 fully saturated rings. The van der Waals surface area contributed by atoms with E-state index in [0.29, 0.717) is 10.6 Å². The first-order valence-corrected chi connectivity index (χ1v) is 6.05. The van der Waals surface area contributed by atoms with Crippen molar-refractivity contribution in [1.82, 2.24) is 5.32 Å². The quantitative estimate of drug-likeness (QED) is 0.854. The van der Waals surface area contributed by atoms with Crippen LogP contribution in [0, 0.1) is 0 Å². The van der Waals surface area contributed by atoms with Gasteiger partial charge in [-0.15, -0.1) is 0 Å². The molecule has 1 unspecified atom stereocenters. The molecule has 0 aliphatic rings. The van der Waals surface area contributed by atoms with Crippen molar-refractivity contribution >= 4 is 23.5 Å². The summed E-state index contributed by atoms with van der Waals surface area (Å²) in [4.78, 5) is 23.3. The largest absolute Gasteiger partial charge is 0.449 e. The maximum Gasteiger partial charge on any atom is 0.338 e. The first kappa shape index (κ1) is 14.5. The molecule has 1 atom stereocenters. The fourth-order valence-electron chi connectivity index (χ4n) is 1.27. The van der Waals surface area contributed by atoms with Gasteiger partial charge in [-0.2, -0.15) is 0 Å². The van der Waals surface area contributed by atoms with Gasteiger partial charge in [-0.1, -0.05) is 11.6 Å². The summed E-state index contributed by atoms with van der Waals surface area (Å²) in [5.41, 5.74) is 0.364. The van der Waals surface area contributed by atoms with E-state index in [2.05, 4.69) is 5.32 Å². The molecule has 98 valence electrons. The monoisotopic (exact) mass is 269 g/mol. The third kappa shape index (κ3) is 4.37. The van der Waals surface area contributed by atoms with E-state index in [9.17, 15) is 9.59 Å². The minimum absolute atomic E-state index is 0.00850. The summed E-state index contributed by atoms with van der Waals surface area (Å²) in [5, 5.41) is 3.21. The predicted molar refractivity (Wildman–Crippen MR) is 69.6 cm³/mol. The van der Waals surface area contributed by atoms with Crippen molar-refractivity contribution in [3.8, 4) is 0 Å². The van der Waals surface area contributed by atoms with Gasteiger partial charge in [0.25, 0.3) is 5.91 Å². The number of hydrogen-bond acceptors (Lipinski definition) is 3. The molecular weight excluding hydrogens is 254 g/mol. The van der Waals surface area contributed by atoms with E-state index in [0.717, 1.165) is 0 Å². The standard InChI is InChI=1S/C13H16ClNO3/c1-8(2)15-12(16)9(3)18-13(17)10-4-6-11(14)7-5-10/h4-9H,1-3H3,(H,15,16). The van der Waals surface area contributed by atoms with E-state index in [1.165, 1.54) is 6.92 Å². The molecule has 1 aromatic rings. The molecule has 1 amide bonds. The summed E-state index contributed by atoms with van der Waals surface area (Å²) in [5.74, 6) is -0.856. The van der Waals surface area contributed by atoms with Gasteiger partial charge in [0, 0.05) is 11.1 Å². The Hall–Kier alpha value is -1.55. The van der Waals surface area contributed by atoms with Crippen LogP contribution in [0.3, 0.4) is 0 Å². The van der Waals surface area contributed by atoms with Gasteiger partial charge < -0.3 is 10.1 Å². The van der Waals surface area contributed by atoms with Crippen molar-refractivity contribution in [2.24, 2.45) is 0 Å². The molecule has 0 aliphatic heterocycles. The van der Waals surface area contributed by atoms with Crippen LogP contribution in [0.5, 0.6) is 0 Å². The number of halogens is 1. The van der Waals surface area contributed by atoms with Crippen molar-refractivity contribution in [3.63, 3.8) is 0 Å². The molecule has 5 heteroatoms. The Morgan fingerprint density at radius 1 is 1.17 bits per heavy atom. The Morgan fingerprint density at radius 2 is 1.72 bits per heavy atom. The van der Waals surface area contributed by atoms with Gasteiger partial charge in [-0.3, -0.25) is 4.79 Å². The molecule has 0 aromatic heterocycles. The summed E-state index contributed by atoms with van der Waals surface area (Å²) >= 11 is 5.71. The predicted octanol–water partition coefficient (Wildman–Crippen LogP) is 2.41. The molecule has 0 bridgehead atoms. The van der Waals surface area contributed by atoms with E-state index >= 15 is 0 Å². The first-order chi connectivity index (χ1) is 8.40. The maximum absolute atomic E-state index is 11.7. The lowest BCUT2D eigenvalue weighted by Crippen LogP contribution is -2.39. The van der Waals surface area contributed by atoms with Gasteiger partial charge in [0.1, 0.15) is 0 Å². The van der Waals surface area contributed by atoms with Gasteiger partial charge in [0.2, 0.25) is 0 Å². The number of nitrogens with one attached hydrogen (secondary N) is 1. The van der Waals surface area contributed by atoms with Gasteiger partial charge >= 0.3 is 5.97 Å². The number of amides is 1. The third-order valence-electron chi connectivity index (χ3n) is 2.16. The van der Waals surface area contributed by atoms with Gasteiger partial charge in [0.05, 0.1) is 5.56 Å². The molecule has 1 rings (SSSR count). The van der Waals surface area contributed by atoms with Crippen molar-refractivity contribution in [2.45, 2.75) is 32.9 Å². The second-order valence-corrected chi connectivity index (χ2v) is 4.65. The van der Waals surface area contributed by atoms with Crippen LogP contribution in [-0.2, 0) is 9.53 Å². The number of ether oxygens (including phenoxy) is 1. The molecule has 4 nitrogen and oxygen atoms in total. The second kappa shape index (κ2) is 6.40. The molecule has 0 saturated carbocycles. The Bertz CT molecular complexity index is 428. The van der Waals surface area contributed by atoms with Crippen molar-refractivity contribution in [2.75, 3.05) is 0 Å². The minimum Gasteiger partial charge on any atom is -0.449 e. The molecule has 0 spiro atoms. The van der Waals surface area contributed by atoms with Crippen LogP contribution in [-0.4, -0.2) is 24.0 Å². The highest BCUT2D eigenvalue weighted by Gasteiger charge is 2.19. The average Bonchev–Trinajstić information content (AvgIpc) is 2.28. The lowest BCUT2D eigenvalue weighted by Gasteiger charge is -2.15. The average molecular weight is 270 g/mol. The molecule has 0 aliphatic carbocycles. The van der Waals surface area contributed by atoms with Crippen LogP contribution >= 0.6 is 11.6 Å². The maximum atomic E-state index is 11.7. The number of rotatable bonds is 4. The summed E-state index contributed by atoms with van der Waals surface area (Å²) in [6.45, 7) is 5.21. The minimum atomic E-state index is -0.824. The molecule has 1 N–H and O–H groups in total. The molecule has 0 radical (unpaired) electrons. The number of carbonyl (C=O) groups is 2. The number of benzene rings is 1. The second-order valence-electron chi connectivity index (χ2n) is 4.22. The molecule has 0 heterocycles. The van der Waals surface area contributed by atoms with E-state index in [4.69, 9.17) is 16.3 Å². The number of esters is 1. The summed E-state index contributed by atoms with van der Waals surface area (Å²) in [6.07, 6.45) is -0.824. The smallest absolute Gasteiger partial charge is 0.338 e. The molecule has 18 heavy (non-hydrogen) atoms. The van der Waals surface area contributed by atoms with Gasteiger partial charge in [-0.05, 0) is 45.0 Å². The molecular formula is C13H16ClNO3. The third-order valence-corrected chi connectivity index (χ3v) is 2.42. The van der Waals surface area contributed by atoms with Crippen LogP contribution in [0.25, 0.3) is 0 Å². The van der Waals surface area contributed by atoms with E-state index in [-0.39, 0.29) is 11.9 Å². The normalized spacial score (nSPS) is 12.1. The van der Waals surface area contributed by atoms with E-state index in [1.807, 2.05) is 13.8 Å². The van der Waals surface area contributed by atoms with Crippen molar-refractivity contribution in [1.29, 1.82) is 0 Å². The van der Waals surface area contributed by atoms with Crippen molar-refractivity contribution in [3.05, 3.63) is 34.9 Å². The van der Waals surface area contributed by atoms with Crippen LogP contribution in [0.2, 0.25) is 5.02 Å². The number of hydrogen-bond donors (Lipinski definition) is 1. The zero-order valence-corrected chi connectivity index (χ0v) is 11.3. The van der Waals surface area contributed by atoms with Gasteiger partial charge in [-0.25, -0.2) is 4.79 Å². The SMILES string of the molecule is CC(C)NC(=O)C(C)OC(=O)c1ccc(Cl)cc1. The summed E-state index contributed by atoms with van der Waals surface area (Å²) in [7, 11) is 0. The molecule has 1 aromatic carbocycles. The Balaban J connectivity index is 2.59. The van der Waals surface area contributed by atoms with Gasteiger partial charge in [0.15, 0.2) is 6.10 Å². The number of carbonyl (C=O) groups excluding carboxylic acids is 2. The summed E-state index contributed by atoms with van der Waals surface area (Å²) < 4.78 is 5.04. The lowest BCUT2D eigenvalue weighted by atomic mass is 10.2. The van der Waals surface area contributed by atoms with E-state index in [1.54, 1.807) is 24.3 Å². The highest BCUT2D eigenvalue weighted by Crippen LogP contribution is 2.11. The zero-order chi connectivity index (χ0) is 13.7.